The van der Waals surface area contributed by atoms with Gasteiger partial charge in [0.15, 0.2) is 10.9 Å². The van der Waals surface area contributed by atoms with Gasteiger partial charge in [-0.05, 0) is 24.0 Å². The fourth-order valence-electron chi connectivity index (χ4n) is 2.78. The summed E-state index contributed by atoms with van der Waals surface area (Å²) in [6.45, 7) is 0. The van der Waals surface area contributed by atoms with E-state index in [0.29, 0.717) is 22.8 Å². The summed E-state index contributed by atoms with van der Waals surface area (Å²) < 4.78 is 4.87. The minimum atomic E-state index is -0.516. The van der Waals surface area contributed by atoms with Crippen LogP contribution in [-0.2, 0) is 11.2 Å². The summed E-state index contributed by atoms with van der Waals surface area (Å²) in [5.41, 5.74) is 3.15. The molecule has 0 aliphatic rings. The largest absolute Gasteiger partial charge is 0.464 e. The first kappa shape index (κ1) is 20.4. The number of esters is 1. The molecular weight excluding hydrogens is 386 g/mol. The van der Waals surface area contributed by atoms with Crippen molar-refractivity contribution in [2.45, 2.75) is 6.42 Å². The summed E-state index contributed by atoms with van der Waals surface area (Å²) in [5, 5.41) is 3.19. The van der Waals surface area contributed by atoms with Crippen molar-refractivity contribution in [3.8, 4) is 0 Å². The van der Waals surface area contributed by atoms with Crippen LogP contribution in [-0.4, -0.2) is 35.4 Å². The van der Waals surface area contributed by atoms with E-state index in [-0.39, 0.29) is 11.6 Å². The smallest absolute Gasteiger partial charge is 0.356 e. The number of aromatic amines is 1. The van der Waals surface area contributed by atoms with Crippen LogP contribution >= 0.6 is 11.8 Å². The molecule has 2 aromatic carbocycles. The van der Waals surface area contributed by atoms with Gasteiger partial charge in [-0.15, -0.1) is 0 Å². The Hall–Kier alpha value is -3.32. The Balaban J connectivity index is 1.94. The number of ether oxygens (including phenoxy) is 1. The number of thioether (sulfide) groups is 1. The zero-order valence-corrected chi connectivity index (χ0v) is 17.0. The van der Waals surface area contributed by atoms with Crippen LogP contribution in [0, 0.1) is 0 Å². The average molecular weight is 407 g/mol. The van der Waals surface area contributed by atoms with E-state index >= 15 is 0 Å². The first-order valence-electron chi connectivity index (χ1n) is 8.94. The number of nitrogens with one attached hydrogen (secondary N) is 2. The monoisotopic (exact) mass is 407 g/mol. The van der Waals surface area contributed by atoms with Crippen LogP contribution in [0.4, 0.5) is 5.69 Å². The third kappa shape index (κ3) is 5.14. The lowest BCUT2D eigenvalue weighted by Gasteiger charge is -2.08. The van der Waals surface area contributed by atoms with Crippen molar-refractivity contribution in [2.75, 3.05) is 13.4 Å². The molecular formula is C22H21N3O3S. The van der Waals surface area contributed by atoms with Crippen LogP contribution in [0.5, 0.6) is 0 Å². The van der Waals surface area contributed by atoms with E-state index in [4.69, 9.17) is 4.74 Å². The highest BCUT2D eigenvalue weighted by Gasteiger charge is 2.19. The van der Waals surface area contributed by atoms with Crippen molar-refractivity contribution in [1.82, 2.24) is 10.3 Å². The molecule has 0 aliphatic heterocycles. The quantitative estimate of drug-likeness (QED) is 0.378. The maximum Gasteiger partial charge on any atom is 0.356 e. The number of hydrogen-bond donors (Lipinski definition) is 2. The van der Waals surface area contributed by atoms with Gasteiger partial charge >= 0.3 is 5.97 Å². The molecule has 29 heavy (non-hydrogen) atoms. The topological polar surface area (TPSA) is 83.6 Å². The van der Waals surface area contributed by atoms with Crippen LogP contribution in [0.3, 0.4) is 0 Å². The third-order valence-electron chi connectivity index (χ3n) is 4.22. The highest BCUT2D eigenvalue weighted by molar-refractivity contribution is 8.13. The number of benzene rings is 2. The lowest BCUT2D eigenvalue weighted by molar-refractivity contribution is 0.0595. The molecule has 148 valence electrons. The van der Waals surface area contributed by atoms with Gasteiger partial charge in [-0.25, -0.2) is 9.79 Å². The number of methoxy groups -OCH3 is 1. The Kier molecular flexibility index (Phi) is 6.86. The number of nitrogens with zero attached hydrogens (tertiary/aromatic N) is 1. The van der Waals surface area contributed by atoms with Crippen LogP contribution < -0.4 is 5.32 Å². The number of aromatic nitrogens is 1. The van der Waals surface area contributed by atoms with Crippen LogP contribution in [0.1, 0.15) is 32.0 Å². The number of amidine groups is 1. The van der Waals surface area contributed by atoms with Gasteiger partial charge < -0.3 is 15.0 Å². The molecule has 1 aromatic heterocycles. The fourth-order valence-corrected chi connectivity index (χ4v) is 3.15. The normalized spacial score (nSPS) is 11.2. The van der Waals surface area contributed by atoms with Gasteiger partial charge in [-0.2, -0.15) is 0 Å². The summed E-state index contributed by atoms with van der Waals surface area (Å²) >= 11 is 1.29. The SMILES string of the molecule is COC(=O)c1[nH]cc(Cc2ccccc2)c1N=C(NC(=O)c1ccccc1)SC. The fraction of sp³-hybridized carbons (Fsp3) is 0.136. The lowest BCUT2D eigenvalue weighted by atomic mass is 10.1. The van der Waals surface area contributed by atoms with Gasteiger partial charge in [0.25, 0.3) is 5.91 Å². The van der Waals surface area contributed by atoms with Gasteiger partial charge in [0.05, 0.1) is 7.11 Å². The molecule has 0 unspecified atom stereocenters. The number of aliphatic imine (C=N–C) groups is 1. The lowest BCUT2D eigenvalue weighted by Crippen LogP contribution is -2.28. The van der Waals surface area contributed by atoms with E-state index in [1.807, 2.05) is 42.7 Å². The molecule has 0 atom stereocenters. The standard InChI is InChI=1S/C22H21N3O3S/c1-28-21(27)19-18(17(14-23-19)13-15-9-5-3-6-10-15)24-22(29-2)25-20(26)16-11-7-4-8-12-16/h3-12,14,23H,13H2,1-2H3,(H,24,25,26). The molecule has 0 spiro atoms. The number of carbonyl (C=O) groups excluding carboxylic acids is 2. The Morgan fingerprint density at radius 1 is 1.07 bits per heavy atom. The summed E-state index contributed by atoms with van der Waals surface area (Å²) in [5.74, 6) is -0.781. The minimum absolute atomic E-state index is 0.249. The van der Waals surface area contributed by atoms with Crippen molar-refractivity contribution in [3.05, 3.63) is 89.2 Å². The molecule has 7 heteroatoms. The molecule has 0 saturated carbocycles. The Labute approximate surface area is 173 Å². The predicted molar refractivity (Wildman–Crippen MR) is 116 cm³/mol. The number of rotatable bonds is 5. The van der Waals surface area contributed by atoms with Gasteiger partial charge in [0.2, 0.25) is 0 Å². The highest BCUT2D eigenvalue weighted by atomic mass is 32.2. The molecule has 6 nitrogen and oxygen atoms in total. The number of hydrogen-bond acceptors (Lipinski definition) is 5. The molecule has 3 rings (SSSR count). The highest BCUT2D eigenvalue weighted by Crippen LogP contribution is 2.28. The van der Waals surface area contributed by atoms with Crippen molar-refractivity contribution in [3.63, 3.8) is 0 Å². The maximum absolute atomic E-state index is 12.5. The molecule has 0 saturated heterocycles. The van der Waals surface area contributed by atoms with E-state index in [2.05, 4.69) is 15.3 Å². The average Bonchev–Trinajstić information content (AvgIpc) is 3.15. The Morgan fingerprint density at radius 2 is 1.72 bits per heavy atom. The zero-order valence-electron chi connectivity index (χ0n) is 16.1. The maximum atomic E-state index is 12.5. The molecule has 0 bridgehead atoms. The van der Waals surface area contributed by atoms with E-state index < -0.39 is 5.97 Å². The number of amides is 1. The van der Waals surface area contributed by atoms with Crippen LogP contribution in [0.15, 0.2) is 71.9 Å². The van der Waals surface area contributed by atoms with Gasteiger partial charge in [0, 0.05) is 23.7 Å². The minimum Gasteiger partial charge on any atom is -0.464 e. The first-order valence-corrected chi connectivity index (χ1v) is 10.2. The zero-order chi connectivity index (χ0) is 20.6. The van der Waals surface area contributed by atoms with Gasteiger partial charge in [-0.3, -0.25) is 4.79 Å². The Bertz CT molecular complexity index is 1010. The second-order valence-corrected chi connectivity index (χ2v) is 6.93. The summed E-state index contributed by atoms with van der Waals surface area (Å²) in [4.78, 5) is 32.2. The molecule has 1 amide bonds. The summed E-state index contributed by atoms with van der Waals surface area (Å²) in [7, 11) is 1.32. The van der Waals surface area contributed by atoms with Crippen molar-refractivity contribution in [2.24, 2.45) is 4.99 Å². The summed E-state index contributed by atoms with van der Waals surface area (Å²) in [6.07, 6.45) is 4.14. The number of carbonyl (C=O) groups is 2. The van der Waals surface area contributed by atoms with Crippen molar-refractivity contribution in [1.29, 1.82) is 0 Å². The van der Waals surface area contributed by atoms with E-state index in [1.54, 1.807) is 30.5 Å². The second-order valence-electron chi connectivity index (χ2n) is 6.13. The van der Waals surface area contributed by atoms with E-state index in [1.165, 1.54) is 18.9 Å². The molecule has 2 N–H and O–H groups in total. The number of H-pyrrole nitrogens is 1. The van der Waals surface area contributed by atoms with Crippen LogP contribution in [0.2, 0.25) is 0 Å². The Morgan fingerprint density at radius 3 is 2.34 bits per heavy atom. The third-order valence-corrected chi connectivity index (χ3v) is 4.80. The van der Waals surface area contributed by atoms with Crippen molar-refractivity contribution < 1.29 is 14.3 Å². The van der Waals surface area contributed by atoms with Gasteiger partial charge in [0.1, 0.15) is 5.69 Å². The summed E-state index contributed by atoms with van der Waals surface area (Å²) in [6, 6.07) is 18.8. The van der Waals surface area contributed by atoms with E-state index in [9.17, 15) is 9.59 Å². The predicted octanol–water partition coefficient (Wildman–Crippen LogP) is 4.17. The molecule has 0 fully saturated rings. The van der Waals surface area contributed by atoms with E-state index in [0.717, 1.165) is 11.1 Å². The molecule has 3 aromatic rings. The molecule has 1 heterocycles. The first-order chi connectivity index (χ1) is 14.1. The van der Waals surface area contributed by atoms with Gasteiger partial charge in [-0.1, -0.05) is 60.3 Å². The second kappa shape index (κ2) is 9.75. The molecule has 0 aliphatic carbocycles. The van der Waals surface area contributed by atoms with Crippen LogP contribution in [0.25, 0.3) is 0 Å². The van der Waals surface area contributed by atoms with Crippen molar-refractivity contribution >= 4 is 34.5 Å². The molecule has 0 radical (unpaired) electrons.